The van der Waals surface area contributed by atoms with E-state index in [9.17, 15) is 13.2 Å². The van der Waals surface area contributed by atoms with E-state index in [2.05, 4.69) is 5.32 Å². The number of nitrogens with one attached hydrogen (secondary N) is 1. The van der Waals surface area contributed by atoms with Crippen molar-refractivity contribution < 1.29 is 13.2 Å². The Kier molecular flexibility index (Phi) is 6.34. The van der Waals surface area contributed by atoms with Gasteiger partial charge in [0.1, 0.15) is 4.21 Å². The van der Waals surface area contributed by atoms with E-state index in [4.69, 9.17) is 0 Å². The fourth-order valence-corrected chi connectivity index (χ4v) is 6.45. The summed E-state index contributed by atoms with van der Waals surface area (Å²) in [6.07, 6.45) is 3.10. The molecule has 1 unspecified atom stereocenters. The second-order valence-electron chi connectivity index (χ2n) is 7.01. The zero-order valence-corrected chi connectivity index (χ0v) is 17.4. The van der Waals surface area contributed by atoms with Crippen LogP contribution in [-0.4, -0.2) is 31.7 Å². The molecule has 0 saturated carbocycles. The molecule has 3 rings (SSSR count). The fraction of sp³-hybridized carbons (Fsp3) is 0.450. The van der Waals surface area contributed by atoms with Crippen LogP contribution in [-0.2, 0) is 21.2 Å². The van der Waals surface area contributed by atoms with E-state index in [1.54, 1.807) is 16.4 Å². The van der Waals surface area contributed by atoms with Crippen molar-refractivity contribution in [3.8, 4) is 0 Å². The molecule has 1 atom stereocenters. The largest absolute Gasteiger partial charge is 0.349 e. The number of aryl methyl sites for hydroxylation is 1. The highest BCUT2D eigenvalue weighted by Crippen LogP contribution is 2.27. The van der Waals surface area contributed by atoms with Gasteiger partial charge in [-0.25, -0.2) is 8.42 Å². The Morgan fingerprint density at radius 3 is 2.56 bits per heavy atom. The Balaban J connectivity index is 1.63. The molecule has 0 bridgehead atoms. The van der Waals surface area contributed by atoms with Crippen LogP contribution in [0.5, 0.6) is 0 Å². The minimum atomic E-state index is -3.43. The fourth-order valence-electron chi connectivity index (χ4n) is 3.43. The quantitative estimate of drug-likeness (QED) is 0.796. The number of benzene rings is 1. The van der Waals surface area contributed by atoms with E-state index >= 15 is 0 Å². The lowest BCUT2D eigenvalue weighted by atomic mass is 10.0. The number of piperidine rings is 1. The zero-order valence-electron chi connectivity index (χ0n) is 15.8. The van der Waals surface area contributed by atoms with Gasteiger partial charge in [0, 0.05) is 18.0 Å². The number of rotatable bonds is 6. The highest BCUT2D eigenvalue weighted by atomic mass is 32.2. The van der Waals surface area contributed by atoms with E-state index < -0.39 is 10.0 Å². The van der Waals surface area contributed by atoms with E-state index in [1.807, 2.05) is 38.1 Å². The highest BCUT2D eigenvalue weighted by molar-refractivity contribution is 7.91. The summed E-state index contributed by atoms with van der Waals surface area (Å²) in [5.74, 6) is -0.102. The summed E-state index contributed by atoms with van der Waals surface area (Å²) in [5, 5.41) is 3.00. The average molecular weight is 407 g/mol. The van der Waals surface area contributed by atoms with Crippen LogP contribution < -0.4 is 5.32 Å². The molecule has 0 spiro atoms. The zero-order chi connectivity index (χ0) is 19.4. The number of carbonyl (C=O) groups excluding carboxylic acids is 1. The average Bonchev–Trinajstić information content (AvgIpc) is 3.12. The van der Waals surface area contributed by atoms with Crippen molar-refractivity contribution in [1.29, 1.82) is 0 Å². The van der Waals surface area contributed by atoms with Crippen LogP contribution in [0.25, 0.3) is 0 Å². The first-order chi connectivity index (χ1) is 12.9. The molecule has 5 nitrogen and oxygen atoms in total. The van der Waals surface area contributed by atoms with Crippen molar-refractivity contribution in [2.24, 2.45) is 0 Å². The Morgan fingerprint density at radius 2 is 1.85 bits per heavy atom. The molecule has 27 heavy (non-hydrogen) atoms. The van der Waals surface area contributed by atoms with Crippen molar-refractivity contribution in [2.45, 2.75) is 49.8 Å². The van der Waals surface area contributed by atoms with Gasteiger partial charge in [0.05, 0.1) is 12.5 Å². The molecule has 7 heteroatoms. The maximum absolute atomic E-state index is 12.7. The Morgan fingerprint density at radius 1 is 1.15 bits per heavy atom. The first kappa shape index (κ1) is 20.0. The van der Waals surface area contributed by atoms with Crippen LogP contribution >= 0.6 is 11.3 Å². The first-order valence-corrected chi connectivity index (χ1v) is 11.6. The number of amides is 1. The predicted octanol–water partition coefficient (Wildman–Crippen LogP) is 3.65. The molecule has 1 aromatic heterocycles. The molecule has 1 saturated heterocycles. The number of carbonyl (C=O) groups is 1. The summed E-state index contributed by atoms with van der Waals surface area (Å²) in [4.78, 5) is 13.2. The standard InChI is InChI=1S/C20H26N2O3S2/c1-15-8-4-5-9-18(15)16(2)21-19(23)14-17-10-11-20(26-17)27(24,25)22-12-6-3-7-13-22/h4-5,8-11,16H,3,6-7,12-14H2,1-2H3,(H,21,23). The van der Waals surface area contributed by atoms with Crippen LogP contribution in [0.3, 0.4) is 0 Å². The molecule has 1 fully saturated rings. The monoisotopic (exact) mass is 406 g/mol. The molecule has 1 amide bonds. The van der Waals surface area contributed by atoms with Gasteiger partial charge in [-0.3, -0.25) is 4.79 Å². The maximum atomic E-state index is 12.7. The summed E-state index contributed by atoms with van der Waals surface area (Å²) in [6, 6.07) is 11.3. The maximum Gasteiger partial charge on any atom is 0.252 e. The van der Waals surface area contributed by atoms with Gasteiger partial charge >= 0.3 is 0 Å². The molecule has 1 aliphatic heterocycles. The lowest BCUT2D eigenvalue weighted by Gasteiger charge is -2.25. The van der Waals surface area contributed by atoms with E-state index in [-0.39, 0.29) is 18.4 Å². The third-order valence-corrected chi connectivity index (χ3v) is 8.36. The minimum absolute atomic E-state index is 0.0878. The lowest BCUT2D eigenvalue weighted by molar-refractivity contribution is -0.121. The molecule has 2 aromatic rings. The molecule has 0 aliphatic carbocycles. The van der Waals surface area contributed by atoms with Crippen LogP contribution in [0.15, 0.2) is 40.6 Å². The molecule has 1 N–H and O–H groups in total. The summed E-state index contributed by atoms with van der Waals surface area (Å²) < 4.78 is 27.3. The van der Waals surface area contributed by atoms with Gasteiger partial charge < -0.3 is 5.32 Å². The van der Waals surface area contributed by atoms with Crippen molar-refractivity contribution in [3.05, 3.63) is 52.4 Å². The van der Waals surface area contributed by atoms with Crippen molar-refractivity contribution in [2.75, 3.05) is 13.1 Å². The topological polar surface area (TPSA) is 66.5 Å². The van der Waals surface area contributed by atoms with Crippen molar-refractivity contribution in [1.82, 2.24) is 9.62 Å². The molecule has 0 radical (unpaired) electrons. The smallest absolute Gasteiger partial charge is 0.252 e. The van der Waals surface area contributed by atoms with Crippen molar-refractivity contribution >= 4 is 27.3 Å². The second-order valence-corrected chi connectivity index (χ2v) is 10.3. The number of hydrogen-bond acceptors (Lipinski definition) is 4. The van der Waals surface area contributed by atoms with Gasteiger partial charge in [0.2, 0.25) is 5.91 Å². The molecular formula is C20H26N2O3S2. The number of hydrogen-bond donors (Lipinski definition) is 1. The molecular weight excluding hydrogens is 380 g/mol. The van der Waals surface area contributed by atoms with E-state index in [0.717, 1.165) is 35.3 Å². The predicted molar refractivity (Wildman–Crippen MR) is 108 cm³/mol. The SMILES string of the molecule is Cc1ccccc1C(C)NC(=O)Cc1ccc(S(=O)(=O)N2CCCCC2)s1. The van der Waals surface area contributed by atoms with E-state index in [1.165, 1.54) is 11.3 Å². The van der Waals surface area contributed by atoms with Gasteiger partial charge in [-0.05, 0) is 49.9 Å². The van der Waals surface area contributed by atoms with Gasteiger partial charge in [-0.15, -0.1) is 11.3 Å². The van der Waals surface area contributed by atoms with Crippen LogP contribution in [0, 0.1) is 6.92 Å². The Hall–Kier alpha value is -1.70. The Bertz CT molecular complexity index is 899. The molecule has 146 valence electrons. The molecule has 2 heterocycles. The van der Waals surface area contributed by atoms with Gasteiger partial charge in [0.25, 0.3) is 10.0 Å². The van der Waals surface area contributed by atoms with E-state index in [0.29, 0.717) is 17.3 Å². The normalized spacial score (nSPS) is 16.8. The van der Waals surface area contributed by atoms with Crippen LogP contribution in [0.2, 0.25) is 0 Å². The van der Waals surface area contributed by atoms with Crippen LogP contribution in [0.1, 0.15) is 48.2 Å². The second kappa shape index (κ2) is 8.54. The number of sulfonamides is 1. The van der Waals surface area contributed by atoms with Crippen LogP contribution in [0.4, 0.5) is 0 Å². The number of nitrogens with zero attached hydrogens (tertiary/aromatic N) is 1. The number of thiophene rings is 1. The highest BCUT2D eigenvalue weighted by Gasteiger charge is 2.27. The third kappa shape index (κ3) is 4.78. The summed E-state index contributed by atoms with van der Waals surface area (Å²) in [6.45, 7) is 5.16. The Labute approximate surface area is 165 Å². The molecule has 1 aliphatic rings. The first-order valence-electron chi connectivity index (χ1n) is 9.31. The van der Waals surface area contributed by atoms with Gasteiger partial charge in [-0.1, -0.05) is 30.7 Å². The van der Waals surface area contributed by atoms with Gasteiger partial charge in [-0.2, -0.15) is 4.31 Å². The molecule has 1 aromatic carbocycles. The third-order valence-electron chi connectivity index (χ3n) is 4.91. The summed E-state index contributed by atoms with van der Waals surface area (Å²) in [5.41, 5.74) is 2.22. The summed E-state index contributed by atoms with van der Waals surface area (Å²) in [7, 11) is -3.43. The summed E-state index contributed by atoms with van der Waals surface area (Å²) >= 11 is 1.20. The minimum Gasteiger partial charge on any atom is -0.349 e. The lowest BCUT2D eigenvalue weighted by Crippen LogP contribution is -2.35. The van der Waals surface area contributed by atoms with Gasteiger partial charge in [0.15, 0.2) is 0 Å². The van der Waals surface area contributed by atoms with Crippen molar-refractivity contribution in [3.63, 3.8) is 0 Å².